The van der Waals surface area contributed by atoms with Gasteiger partial charge in [-0.05, 0) is 32.8 Å². The third kappa shape index (κ3) is 5.26. The largest absolute Gasteiger partial charge is 0.496 e. The number of guanidine groups is 1. The SMILES string of the molecule is CN=C(NCc1ncc(C)c(OC)c1C)NC1CC(C)N(Cc2ccccc2)C1. The molecule has 6 nitrogen and oxygen atoms in total. The Balaban J connectivity index is 1.56. The summed E-state index contributed by atoms with van der Waals surface area (Å²) in [5, 5.41) is 6.99. The molecule has 0 saturated carbocycles. The topological polar surface area (TPSA) is 61.8 Å². The summed E-state index contributed by atoms with van der Waals surface area (Å²) in [6.07, 6.45) is 2.96. The van der Waals surface area contributed by atoms with Gasteiger partial charge in [0.05, 0.1) is 19.3 Å². The first-order chi connectivity index (χ1) is 14.0. The van der Waals surface area contributed by atoms with Crippen molar-refractivity contribution in [1.82, 2.24) is 20.5 Å². The molecule has 2 heterocycles. The van der Waals surface area contributed by atoms with Gasteiger partial charge in [-0.2, -0.15) is 0 Å². The predicted molar refractivity (Wildman–Crippen MR) is 118 cm³/mol. The number of rotatable bonds is 6. The minimum atomic E-state index is 0.376. The second kappa shape index (κ2) is 9.74. The van der Waals surface area contributed by atoms with Gasteiger partial charge in [-0.1, -0.05) is 30.3 Å². The van der Waals surface area contributed by atoms with Crippen molar-refractivity contribution >= 4 is 5.96 Å². The lowest BCUT2D eigenvalue weighted by Gasteiger charge is -2.21. The van der Waals surface area contributed by atoms with E-state index in [1.54, 1.807) is 7.11 Å². The van der Waals surface area contributed by atoms with Gasteiger partial charge in [0, 0.05) is 49.5 Å². The van der Waals surface area contributed by atoms with Gasteiger partial charge in [-0.15, -0.1) is 0 Å². The van der Waals surface area contributed by atoms with E-state index < -0.39 is 0 Å². The number of ether oxygens (including phenoxy) is 1. The van der Waals surface area contributed by atoms with Crippen LogP contribution in [-0.4, -0.2) is 48.6 Å². The number of aryl methyl sites for hydroxylation is 1. The lowest BCUT2D eigenvalue weighted by Crippen LogP contribution is -2.44. The molecular weight excluding hydrogens is 362 g/mol. The molecule has 29 heavy (non-hydrogen) atoms. The van der Waals surface area contributed by atoms with Crippen molar-refractivity contribution in [3.8, 4) is 5.75 Å². The molecule has 0 aliphatic carbocycles. The zero-order chi connectivity index (χ0) is 20.8. The first-order valence-electron chi connectivity index (χ1n) is 10.3. The Kier molecular flexibility index (Phi) is 7.09. The average Bonchev–Trinajstić information content (AvgIpc) is 3.06. The molecular formula is C23H33N5O. The number of aromatic nitrogens is 1. The van der Waals surface area contributed by atoms with Crippen molar-refractivity contribution in [2.45, 2.75) is 52.4 Å². The Labute approximate surface area is 174 Å². The van der Waals surface area contributed by atoms with Crippen LogP contribution in [0.25, 0.3) is 0 Å². The molecule has 0 bridgehead atoms. The van der Waals surface area contributed by atoms with Crippen molar-refractivity contribution in [3.63, 3.8) is 0 Å². The maximum atomic E-state index is 5.51. The third-order valence-electron chi connectivity index (χ3n) is 5.67. The van der Waals surface area contributed by atoms with Gasteiger partial charge >= 0.3 is 0 Å². The standard InChI is InChI=1S/C23H33N5O/c1-16-12-25-21(18(3)22(16)29-5)13-26-23(24-4)27-20-11-17(2)28(15-20)14-19-9-7-6-8-10-19/h6-10,12,17,20H,11,13-15H2,1-5H3,(H2,24,26,27). The van der Waals surface area contributed by atoms with Gasteiger partial charge in [0.15, 0.2) is 5.96 Å². The number of aliphatic imine (C=N–C) groups is 1. The minimum Gasteiger partial charge on any atom is -0.496 e. The highest BCUT2D eigenvalue weighted by molar-refractivity contribution is 5.80. The number of benzene rings is 1. The molecule has 2 N–H and O–H groups in total. The van der Waals surface area contributed by atoms with E-state index in [1.807, 2.05) is 27.1 Å². The van der Waals surface area contributed by atoms with Crippen LogP contribution in [0.5, 0.6) is 5.75 Å². The van der Waals surface area contributed by atoms with Crippen LogP contribution in [0.4, 0.5) is 0 Å². The van der Waals surface area contributed by atoms with Gasteiger partial charge in [0.2, 0.25) is 0 Å². The Bertz CT molecular complexity index is 837. The van der Waals surface area contributed by atoms with Gasteiger partial charge in [-0.3, -0.25) is 14.9 Å². The lowest BCUT2D eigenvalue weighted by atomic mass is 10.1. The first kappa shape index (κ1) is 21.1. The summed E-state index contributed by atoms with van der Waals surface area (Å²) in [5.41, 5.74) is 4.45. The summed E-state index contributed by atoms with van der Waals surface area (Å²) in [4.78, 5) is 11.5. The van der Waals surface area contributed by atoms with Crippen LogP contribution in [0.3, 0.4) is 0 Å². The molecule has 1 aliphatic rings. The summed E-state index contributed by atoms with van der Waals surface area (Å²) in [7, 11) is 3.51. The van der Waals surface area contributed by atoms with Crippen LogP contribution in [0.1, 0.15) is 35.7 Å². The molecule has 1 aromatic carbocycles. The monoisotopic (exact) mass is 395 g/mol. The fourth-order valence-electron chi connectivity index (χ4n) is 4.05. The van der Waals surface area contributed by atoms with Gasteiger partial charge in [-0.25, -0.2) is 0 Å². The van der Waals surface area contributed by atoms with Crippen LogP contribution in [0, 0.1) is 13.8 Å². The molecule has 0 radical (unpaired) electrons. The zero-order valence-corrected chi connectivity index (χ0v) is 18.2. The second-order valence-electron chi connectivity index (χ2n) is 7.81. The molecule has 2 unspecified atom stereocenters. The predicted octanol–water partition coefficient (Wildman–Crippen LogP) is 3.04. The molecule has 2 aromatic rings. The number of nitrogens with one attached hydrogen (secondary N) is 2. The number of methoxy groups -OCH3 is 1. The third-order valence-corrected chi connectivity index (χ3v) is 5.67. The highest BCUT2D eigenvalue weighted by Crippen LogP contribution is 2.24. The minimum absolute atomic E-state index is 0.376. The molecule has 1 aromatic heterocycles. The Hall–Kier alpha value is -2.60. The number of pyridine rings is 1. The van der Waals surface area contributed by atoms with Crippen LogP contribution in [0.15, 0.2) is 41.5 Å². The van der Waals surface area contributed by atoms with Gasteiger partial charge in [0.25, 0.3) is 0 Å². The van der Waals surface area contributed by atoms with E-state index in [9.17, 15) is 0 Å². The van der Waals surface area contributed by atoms with Crippen molar-refractivity contribution in [2.75, 3.05) is 20.7 Å². The van der Waals surface area contributed by atoms with E-state index in [0.29, 0.717) is 18.6 Å². The van der Waals surface area contributed by atoms with Gasteiger partial charge in [0.1, 0.15) is 5.75 Å². The van der Waals surface area contributed by atoms with Crippen molar-refractivity contribution in [2.24, 2.45) is 4.99 Å². The van der Waals surface area contributed by atoms with Crippen LogP contribution < -0.4 is 15.4 Å². The quantitative estimate of drug-likeness (QED) is 0.582. The Morgan fingerprint density at radius 1 is 1.28 bits per heavy atom. The Morgan fingerprint density at radius 3 is 2.72 bits per heavy atom. The number of hydrogen-bond acceptors (Lipinski definition) is 4. The molecule has 3 rings (SSSR count). The van der Waals surface area contributed by atoms with E-state index in [-0.39, 0.29) is 0 Å². The van der Waals surface area contributed by atoms with E-state index in [0.717, 1.165) is 48.0 Å². The number of likely N-dealkylation sites (tertiary alicyclic amines) is 1. The van der Waals surface area contributed by atoms with Gasteiger partial charge < -0.3 is 15.4 Å². The second-order valence-corrected chi connectivity index (χ2v) is 7.81. The summed E-state index contributed by atoms with van der Waals surface area (Å²) in [6.45, 7) is 8.96. The fourth-order valence-corrected chi connectivity index (χ4v) is 4.05. The highest BCUT2D eigenvalue weighted by atomic mass is 16.5. The maximum Gasteiger partial charge on any atom is 0.191 e. The summed E-state index contributed by atoms with van der Waals surface area (Å²) in [5.74, 6) is 1.71. The molecule has 1 saturated heterocycles. The zero-order valence-electron chi connectivity index (χ0n) is 18.2. The molecule has 0 amide bonds. The molecule has 1 aliphatic heterocycles. The summed E-state index contributed by atoms with van der Waals surface area (Å²) < 4.78 is 5.51. The van der Waals surface area contributed by atoms with Crippen LogP contribution >= 0.6 is 0 Å². The number of hydrogen-bond donors (Lipinski definition) is 2. The molecule has 156 valence electrons. The normalized spacial score (nSPS) is 20.0. The van der Waals surface area contributed by atoms with E-state index in [1.165, 1.54) is 5.56 Å². The molecule has 6 heteroatoms. The number of nitrogens with zero attached hydrogens (tertiary/aromatic N) is 3. The smallest absolute Gasteiger partial charge is 0.191 e. The summed E-state index contributed by atoms with van der Waals surface area (Å²) >= 11 is 0. The first-order valence-corrected chi connectivity index (χ1v) is 10.3. The van der Waals surface area contributed by atoms with E-state index in [4.69, 9.17) is 4.74 Å². The molecule has 1 fully saturated rings. The fraction of sp³-hybridized carbons (Fsp3) is 0.478. The Morgan fingerprint density at radius 2 is 2.03 bits per heavy atom. The highest BCUT2D eigenvalue weighted by Gasteiger charge is 2.29. The van der Waals surface area contributed by atoms with E-state index >= 15 is 0 Å². The van der Waals surface area contributed by atoms with E-state index in [2.05, 4.69) is 62.8 Å². The lowest BCUT2D eigenvalue weighted by molar-refractivity contribution is 0.258. The molecule has 2 atom stereocenters. The molecule has 0 spiro atoms. The average molecular weight is 396 g/mol. The van der Waals surface area contributed by atoms with Crippen molar-refractivity contribution < 1.29 is 4.74 Å². The van der Waals surface area contributed by atoms with Crippen LogP contribution in [-0.2, 0) is 13.1 Å². The van der Waals surface area contributed by atoms with Crippen LogP contribution in [0.2, 0.25) is 0 Å². The van der Waals surface area contributed by atoms with Crippen molar-refractivity contribution in [3.05, 3.63) is 58.9 Å². The van der Waals surface area contributed by atoms with Crippen molar-refractivity contribution in [1.29, 1.82) is 0 Å². The summed E-state index contributed by atoms with van der Waals surface area (Å²) in [6, 6.07) is 11.6. The maximum absolute atomic E-state index is 5.51.